The number of phenols is 1. The van der Waals surface area contributed by atoms with E-state index >= 15 is 0 Å². The van der Waals surface area contributed by atoms with Crippen LogP contribution in [-0.4, -0.2) is 33.7 Å². The number of ether oxygens (including phenoxy) is 1. The highest BCUT2D eigenvalue weighted by atomic mass is 32.1. The van der Waals surface area contributed by atoms with Gasteiger partial charge in [-0.25, -0.2) is 0 Å². The SMILES string of the molecule is CCOc1cccc(/C=C2\NC(=S)N(C3CCCCC3)C2=O)c1O. The topological polar surface area (TPSA) is 61.8 Å². The molecule has 0 radical (unpaired) electrons. The summed E-state index contributed by atoms with van der Waals surface area (Å²) in [6, 6.07) is 5.41. The Kier molecular flexibility index (Phi) is 5.04. The zero-order valence-corrected chi connectivity index (χ0v) is 14.6. The standard InChI is InChI=1S/C18H22N2O3S/c1-2-23-15-10-6-7-12(16(15)21)11-14-17(22)20(18(24)19-14)13-8-4-3-5-9-13/h6-7,10-11,13,21H,2-5,8-9H2,1H3,(H,19,24)/b14-11-. The van der Waals surface area contributed by atoms with E-state index in [0.29, 0.717) is 28.7 Å². The fourth-order valence-electron chi connectivity index (χ4n) is 3.30. The number of nitrogens with zero attached hydrogens (tertiary/aromatic N) is 1. The van der Waals surface area contributed by atoms with Gasteiger partial charge in [0, 0.05) is 11.6 Å². The van der Waals surface area contributed by atoms with Gasteiger partial charge in [-0.3, -0.25) is 9.69 Å². The average molecular weight is 346 g/mol. The minimum atomic E-state index is -0.117. The first kappa shape index (κ1) is 16.8. The van der Waals surface area contributed by atoms with Crippen molar-refractivity contribution in [3.05, 3.63) is 29.5 Å². The van der Waals surface area contributed by atoms with E-state index in [1.165, 1.54) is 6.42 Å². The minimum Gasteiger partial charge on any atom is -0.504 e. The number of nitrogens with one attached hydrogen (secondary N) is 1. The Morgan fingerprint density at radius 3 is 2.83 bits per heavy atom. The van der Waals surface area contributed by atoms with Gasteiger partial charge in [0.1, 0.15) is 5.70 Å². The molecule has 1 saturated heterocycles. The Hall–Kier alpha value is -2.08. The molecule has 1 heterocycles. The Balaban J connectivity index is 1.85. The van der Waals surface area contributed by atoms with Crippen LogP contribution in [0.3, 0.4) is 0 Å². The largest absolute Gasteiger partial charge is 0.504 e. The van der Waals surface area contributed by atoms with Gasteiger partial charge in [-0.15, -0.1) is 0 Å². The summed E-state index contributed by atoms with van der Waals surface area (Å²) in [5, 5.41) is 13.7. The molecular formula is C18H22N2O3S. The molecule has 1 aromatic carbocycles. The number of thiocarbonyl (C=S) groups is 1. The van der Waals surface area contributed by atoms with Crippen LogP contribution in [0.25, 0.3) is 6.08 Å². The van der Waals surface area contributed by atoms with Crippen LogP contribution in [0.15, 0.2) is 23.9 Å². The molecule has 2 fully saturated rings. The molecule has 3 rings (SSSR count). The maximum Gasteiger partial charge on any atom is 0.276 e. The van der Waals surface area contributed by atoms with Crippen LogP contribution in [0, 0.1) is 0 Å². The van der Waals surface area contributed by atoms with Crippen LogP contribution in [0.5, 0.6) is 11.5 Å². The number of para-hydroxylation sites is 1. The van der Waals surface area contributed by atoms with E-state index in [2.05, 4.69) is 5.32 Å². The first-order chi connectivity index (χ1) is 11.6. The van der Waals surface area contributed by atoms with Crippen LogP contribution in [0.1, 0.15) is 44.6 Å². The summed E-state index contributed by atoms with van der Waals surface area (Å²) in [5.74, 6) is 0.320. The van der Waals surface area contributed by atoms with Crippen molar-refractivity contribution >= 4 is 29.3 Å². The molecule has 0 aromatic heterocycles. The quantitative estimate of drug-likeness (QED) is 0.648. The van der Waals surface area contributed by atoms with Gasteiger partial charge < -0.3 is 15.2 Å². The summed E-state index contributed by atoms with van der Waals surface area (Å²) >= 11 is 5.36. The van der Waals surface area contributed by atoms with Crippen molar-refractivity contribution in [3.8, 4) is 11.5 Å². The molecule has 5 nitrogen and oxygen atoms in total. The van der Waals surface area contributed by atoms with E-state index in [4.69, 9.17) is 17.0 Å². The van der Waals surface area contributed by atoms with Crippen molar-refractivity contribution in [1.82, 2.24) is 10.2 Å². The molecule has 0 spiro atoms. The third-order valence-corrected chi connectivity index (χ3v) is 4.78. The highest BCUT2D eigenvalue weighted by molar-refractivity contribution is 7.80. The van der Waals surface area contributed by atoms with Gasteiger partial charge in [0.15, 0.2) is 16.6 Å². The van der Waals surface area contributed by atoms with Crippen molar-refractivity contribution in [1.29, 1.82) is 0 Å². The molecule has 1 saturated carbocycles. The molecular weight excluding hydrogens is 324 g/mol. The van der Waals surface area contributed by atoms with Gasteiger partial charge in [0.2, 0.25) is 0 Å². The summed E-state index contributed by atoms with van der Waals surface area (Å²) in [4.78, 5) is 14.4. The van der Waals surface area contributed by atoms with Crippen LogP contribution in [-0.2, 0) is 4.79 Å². The van der Waals surface area contributed by atoms with Gasteiger partial charge in [0.05, 0.1) is 6.61 Å². The molecule has 24 heavy (non-hydrogen) atoms. The molecule has 6 heteroatoms. The zero-order chi connectivity index (χ0) is 17.1. The number of phenolic OH excluding ortho intramolecular Hbond substituents is 1. The number of hydrogen-bond donors (Lipinski definition) is 2. The van der Waals surface area contributed by atoms with Crippen LogP contribution in [0.2, 0.25) is 0 Å². The fraction of sp³-hybridized carbons (Fsp3) is 0.444. The van der Waals surface area contributed by atoms with Crippen molar-refractivity contribution in [2.45, 2.75) is 45.1 Å². The van der Waals surface area contributed by atoms with Gasteiger partial charge in [0.25, 0.3) is 5.91 Å². The predicted octanol–water partition coefficient (Wildman–Crippen LogP) is 3.18. The Bertz CT molecular complexity index is 681. The molecule has 1 aromatic rings. The number of carbonyl (C=O) groups excluding carboxylic acids is 1. The molecule has 0 unspecified atom stereocenters. The van der Waals surface area contributed by atoms with E-state index in [-0.39, 0.29) is 17.7 Å². The van der Waals surface area contributed by atoms with Crippen LogP contribution < -0.4 is 10.1 Å². The second-order valence-electron chi connectivity index (χ2n) is 6.08. The number of amides is 1. The second kappa shape index (κ2) is 7.21. The summed E-state index contributed by atoms with van der Waals surface area (Å²) in [5.41, 5.74) is 0.930. The maximum absolute atomic E-state index is 12.7. The van der Waals surface area contributed by atoms with Crippen molar-refractivity contribution < 1.29 is 14.6 Å². The number of aromatic hydroxyl groups is 1. The molecule has 0 atom stereocenters. The molecule has 0 bridgehead atoms. The van der Waals surface area contributed by atoms with Crippen molar-refractivity contribution in [2.75, 3.05) is 6.61 Å². The summed E-state index contributed by atoms with van der Waals surface area (Å²) in [6.45, 7) is 2.32. The van der Waals surface area contributed by atoms with Crippen LogP contribution >= 0.6 is 12.2 Å². The number of benzene rings is 1. The molecule has 2 aliphatic rings. The smallest absolute Gasteiger partial charge is 0.276 e. The van der Waals surface area contributed by atoms with Gasteiger partial charge in [-0.05, 0) is 44.1 Å². The third-order valence-electron chi connectivity index (χ3n) is 4.48. The Morgan fingerprint density at radius 1 is 1.38 bits per heavy atom. The highest BCUT2D eigenvalue weighted by Crippen LogP contribution is 2.32. The van der Waals surface area contributed by atoms with Crippen LogP contribution in [0.4, 0.5) is 0 Å². The lowest BCUT2D eigenvalue weighted by Crippen LogP contribution is -2.41. The maximum atomic E-state index is 12.7. The molecule has 2 N–H and O–H groups in total. The normalized spacial score (nSPS) is 20.5. The average Bonchev–Trinajstić information content (AvgIpc) is 2.86. The third kappa shape index (κ3) is 3.24. The second-order valence-corrected chi connectivity index (χ2v) is 6.47. The summed E-state index contributed by atoms with van der Waals surface area (Å²) < 4.78 is 5.39. The molecule has 1 aliphatic carbocycles. The minimum absolute atomic E-state index is 0.0310. The molecule has 1 aliphatic heterocycles. The number of carbonyl (C=O) groups is 1. The Labute approximate surface area is 147 Å². The van der Waals surface area contributed by atoms with Gasteiger partial charge >= 0.3 is 0 Å². The van der Waals surface area contributed by atoms with E-state index in [1.54, 1.807) is 29.2 Å². The zero-order valence-electron chi connectivity index (χ0n) is 13.7. The fourth-order valence-corrected chi connectivity index (χ4v) is 3.64. The lowest BCUT2D eigenvalue weighted by molar-refractivity contribution is -0.124. The summed E-state index contributed by atoms with van der Waals surface area (Å²) in [6.07, 6.45) is 7.10. The van der Waals surface area contributed by atoms with Crippen molar-refractivity contribution in [3.63, 3.8) is 0 Å². The van der Waals surface area contributed by atoms with E-state index < -0.39 is 0 Å². The van der Waals surface area contributed by atoms with E-state index in [0.717, 1.165) is 25.7 Å². The first-order valence-corrected chi connectivity index (χ1v) is 8.83. The Morgan fingerprint density at radius 2 is 2.12 bits per heavy atom. The molecule has 128 valence electrons. The lowest BCUT2D eigenvalue weighted by atomic mass is 9.94. The van der Waals surface area contributed by atoms with Gasteiger partial charge in [-0.1, -0.05) is 31.4 Å². The number of rotatable bonds is 4. The monoisotopic (exact) mass is 346 g/mol. The lowest BCUT2D eigenvalue weighted by Gasteiger charge is -2.29. The molecule has 1 amide bonds. The van der Waals surface area contributed by atoms with Crippen molar-refractivity contribution in [2.24, 2.45) is 0 Å². The number of hydrogen-bond acceptors (Lipinski definition) is 4. The predicted molar refractivity (Wildman–Crippen MR) is 96.7 cm³/mol. The summed E-state index contributed by atoms with van der Waals surface area (Å²) in [7, 11) is 0. The van der Waals surface area contributed by atoms with Gasteiger partial charge in [-0.2, -0.15) is 0 Å². The first-order valence-electron chi connectivity index (χ1n) is 8.43. The highest BCUT2D eigenvalue weighted by Gasteiger charge is 2.36. The van der Waals surface area contributed by atoms with E-state index in [9.17, 15) is 9.90 Å². The van der Waals surface area contributed by atoms with E-state index in [1.807, 2.05) is 6.92 Å².